The van der Waals surface area contributed by atoms with E-state index < -0.39 is 0 Å². The topological polar surface area (TPSA) is 89.4 Å². The van der Waals surface area contributed by atoms with Gasteiger partial charge in [0.05, 0.1) is 5.92 Å². The van der Waals surface area contributed by atoms with Crippen molar-refractivity contribution < 1.29 is 9.59 Å². The highest BCUT2D eigenvalue weighted by Crippen LogP contribution is 2.22. The largest absolute Gasteiger partial charge is 0.369 e. The summed E-state index contributed by atoms with van der Waals surface area (Å²) in [4.78, 5) is 25.1. The van der Waals surface area contributed by atoms with E-state index in [0.717, 1.165) is 19.3 Å². The van der Waals surface area contributed by atoms with Crippen molar-refractivity contribution in [3.05, 3.63) is 0 Å². The number of hydrogen-bond donors (Lipinski definition) is 2. The lowest BCUT2D eigenvalue weighted by molar-refractivity contribution is -0.135. The van der Waals surface area contributed by atoms with Gasteiger partial charge in [0, 0.05) is 25.6 Å². The van der Waals surface area contributed by atoms with Crippen molar-refractivity contribution in [1.82, 2.24) is 4.90 Å². The van der Waals surface area contributed by atoms with Crippen LogP contribution in [0, 0.1) is 11.3 Å². The molecule has 1 saturated heterocycles. The first-order valence-electron chi connectivity index (χ1n) is 7.02. The van der Waals surface area contributed by atoms with Gasteiger partial charge in [-0.05, 0) is 24.7 Å². The van der Waals surface area contributed by atoms with Crippen molar-refractivity contribution in [2.45, 2.75) is 52.5 Å². The molecular formula is C14H27N3O2. The molecule has 5 heteroatoms. The van der Waals surface area contributed by atoms with Gasteiger partial charge in [-0.15, -0.1) is 0 Å². The van der Waals surface area contributed by atoms with Crippen LogP contribution in [0.1, 0.15) is 46.5 Å². The Morgan fingerprint density at radius 2 is 2.00 bits per heavy atom. The third kappa shape index (κ3) is 5.59. The van der Waals surface area contributed by atoms with Crippen LogP contribution < -0.4 is 11.5 Å². The van der Waals surface area contributed by atoms with Crippen LogP contribution in [-0.4, -0.2) is 35.8 Å². The fourth-order valence-corrected chi connectivity index (χ4v) is 2.65. The number of carbonyl (C=O) groups excluding carboxylic acids is 2. The van der Waals surface area contributed by atoms with Gasteiger partial charge in [-0.2, -0.15) is 0 Å². The molecule has 2 atom stereocenters. The van der Waals surface area contributed by atoms with Gasteiger partial charge in [0.25, 0.3) is 0 Å². The Bertz CT molecular complexity index is 336. The quantitative estimate of drug-likeness (QED) is 0.793. The van der Waals surface area contributed by atoms with Gasteiger partial charge in [-0.3, -0.25) is 9.59 Å². The van der Waals surface area contributed by atoms with E-state index in [1.165, 1.54) is 0 Å². The minimum absolute atomic E-state index is 0.0442. The lowest BCUT2D eigenvalue weighted by Crippen LogP contribution is -2.45. The van der Waals surface area contributed by atoms with Crippen LogP contribution in [0.2, 0.25) is 0 Å². The van der Waals surface area contributed by atoms with Gasteiger partial charge in [-0.25, -0.2) is 0 Å². The zero-order valence-corrected chi connectivity index (χ0v) is 12.3. The molecule has 0 aromatic heterocycles. The highest BCUT2D eigenvalue weighted by atomic mass is 16.2. The van der Waals surface area contributed by atoms with E-state index in [-0.39, 0.29) is 29.2 Å². The minimum Gasteiger partial charge on any atom is -0.369 e. The molecule has 1 fully saturated rings. The predicted molar refractivity (Wildman–Crippen MR) is 75.2 cm³/mol. The number of primary amides is 1. The van der Waals surface area contributed by atoms with Crippen LogP contribution >= 0.6 is 0 Å². The second-order valence-corrected chi connectivity index (χ2v) is 6.81. The molecule has 0 spiro atoms. The lowest BCUT2D eigenvalue weighted by Gasteiger charge is -2.32. The molecule has 1 aliphatic heterocycles. The summed E-state index contributed by atoms with van der Waals surface area (Å²) in [5.41, 5.74) is 11.5. The number of likely N-dealkylation sites (tertiary alicyclic amines) is 1. The first-order chi connectivity index (χ1) is 8.69. The maximum absolute atomic E-state index is 12.2. The van der Waals surface area contributed by atoms with Crippen molar-refractivity contribution >= 4 is 11.8 Å². The number of hydrogen-bond acceptors (Lipinski definition) is 3. The van der Waals surface area contributed by atoms with Crippen molar-refractivity contribution in [3.63, 3.8) is 0 Å². The molecule has 2 unspecified atom stereocenters. The van der Waals surface area contributed by atoms with Crippen LogP contribution in [0.4, 0.5) is 0 Å². The normalized spacial score (nSPS) is 22.1. The maximum Gasteiger partial charge on any atom is 0.224 e. The van der Waals surface area contributed by atoms with E-state index in [4.69, 9.17) is 11.5 Å². The van der Waals surface area contributed by atoms with E-state index in [1.807, 2.05) is 0 Å². The molecule has 0 aliphatic carbocycles. The van der Waals surface area contributed by atoms with Crippen LogP contribution in [0.15, 0.2) is 0 Å². The second kappa shape index (κ2) is 6.37. The van der Waals surface area contributed by atoms with Gasteiger partial charge in [-0.1, -0.05) is 20.8 Å². The summed E-state index contributed by atoms with van der Waals surface area (Å²) >= 11 is 0. The summed E-state index contributed by atoms with van der Waals surface area (Å²) < 4.78 is 0. The smallest absolute Gasteiger partial charge is 0.224 e. The van der Waals surface area contributed by atoms with E-state index >= 15 is 0 Å². The standard InChI is InChI=1S/C14H27N3O2/c1-14(2,3)8-11(15)7-12(18)17-6-4-5-10(9-17)13(16)19/h10-11H,4-9,15H2,1-3H3,(H2,16,19). The second-order valence-electron chi connectivity index (χ2n) is 6.81. The van der Waals surface area contributed by atoms with Gasteiger partial charge < -0.3 is 16.4 Å². The summed E-state index contributed by atoms with van der Waals surface area (Å²) in [6.45, 7) is 7.51. The molecule has 0 saturated carbocycles. The van der Waals surface area contributed by atoms with Crippen molar-refractivity contribution in [3.8, 4) is 0 Å². The third-order valence-corrected chi connectivity index (χ3v) is 3.49. The molecule has 0 bridgehead atoms. The Hall–Kier alpha value is -1.10. The zero-order valence-electron chi connectivity index (χ0n) is 12.3. The summed E-state index contributed by atoms with van der Waals surface area (Å²) in [6, 6.07) is -0.124. The number of nitrogens with zero attached hydrogens (tertiary/aromatic N) is 1. The van der Waals surface area contributed by atoms with Crippen molar-refractivity contribution in [1.29, 1.82) is 0 Å². The van der Waals surface area contributed by atoms with E-state index in [2.05, 4.69) is 20.8 Å². The Morgan fingerprint density at radius 3 is 2.53 bits per heavy atom. The zero-order chi connectivity index (χ0) is 14.6. The fraction of sp³-hybridized carbons (Fsp3) is 0.857. The summed E-state index contributed by atoms with van der Waals surface area (Å²) in [5.74, 6) is -0.462. The Kier molecular flexibility index (Phi) is 5.35. The van der Waals surface area contributed by atoms with E-state index in [9.17, 15) is 9.59 Å². The van der Waals surface area contributed by atoms with E-state index in [0.29, 0.717) is 19.5 Å². The van der Waals surface area contributed by atoms with Gasteiger partial charge in [0.2, 0.25) is 11.8 Å². The average Bonchev–Trinajstić information content (AvgIpc) is 2.26. The molecule has 5 nitrogen and oxygen atoms in total. The molecule has 0 aromatic rings. The molecular weight excluding hydrogens is 242 g/mol. The SMILES string of the molecule is CC(C)(C)CC(N)CC(=O)N1CCCC(C(N)=O)C1. The van der Waals surface area contributed by atoms with E-state index in [1.54, 1.807) is 4.90 Å². The Morgan fingerprint density at radius 1 is 1.37 bits per heavy atom. The lowest BCUT2D eigenvalue weighted by atomic mass is 9.87. The molecule has 1 heterocycles. The number of rotatable bonds is 4. The summed E-state index contributed by atoms with van der Waals surface area (Å²) in [6.07, 6.45) is 2.79. The van der Waals surface area contributed by atoms with Gasteiger partial charge >= 0.3 is 0 Å². The van der Waals surface area contributed by atoms with Crippen LogP contribution in [0.5, 0.6) is 0 Å². The Labute approximate surface area is 115 Å². The van der Waals surface area contributed by atoms with Crippen molar-refractivity contribution in [2.24, 2.45) is 22.8 Å². The van der Waals surface area contributed by atoms with Crippen LogP contribution in [0.25, 0.3) is 0 Å². The minimum atomic E-state index is -0.309. The molecule has 4 N–H and O–H groups in total. The first-order valence-corrected chi connectivity index (χ1v) is 7.02. The number of amides is 2. The molecule has 1 aliphatic rings. The number of nitrogens with two attached hydrogens (primary N) is 2. The molecule has 2 amide bonds. The number of piperidine rings is 1. The average molecular weight is 269 g/mol. The monoisotopic (exact) mass is 269 g/mol. The summed E-state index contributed by atoms with van der Waals surface area (Å²) in [5, 5.41) is 0. The molecule has 0 radical (unpaired) electrons. The predicted octanol–water partition coefficient (Wildman–Crippen LogP) is 0.864. The maximum atomic E-state index is 12.2. The number of carbonyl (C=O) groups is 2. The fourth-order valence-electron chi connectivity index (χ4n) is 2.65. The summed E-state index contributed by atoms with van der Waals surface area (Å²) in [7, 11) is 0. The highest BCUT2D eigenvalue weighted by molar-refractivity contribution is 5.80. The highest BCUT2D eigenvalue weighted by Gasteiger charge is 2.28. The third-order valence-electron chi connectivity index (χ3n) is 3.49. The molecule has 110 valence electrons. The van der Waals surface area contributed by atoms with Crippen LogP contribution in [0.3, 0.4) is 0 Å². The van der Waals surface area contributed by atoms with Gasteiger partial charge in [0.1, 0.15) is 0 Å². The molecule has 19 heavy (non-hydrogen) atoms. The molecule has 0 aromatic carbocycles. The van der Waals surface area contributed by atoms with Crippen LogP contribution in [-0.2, 0) is 9.59 Å². The molecule has 1 rings (SSSR count). The Balaban J connectivity index is 2.47. The van der Waals surface area contributed by atoms with Crippen molar-refractivity contribution in [2.75, 3.05) is 13.1 Å². The first kappa shape index (κ1) is 16.0. The van der Waals surface area contributed by atoms with Gasteiger partial charge in [0.15, 0.2) is 0 Å².